The van der Waals surface area contributed by atoms with Crippen molar-refractivity contribution in [2.75, 3.05) is 23.4 Å². The third kappa shape index (κ3) is 4.92. The Bertz CT molecular complexity index is 1150. The maximum atomic E-state index is 11.6. The summed E-state index contributed by atoms with van der Waals surface area (Å²) < 4.78 is 0. The lowest BCUT2D eigenvalue weighted by atomic mass is 10.1. The van der Waals surface area contributed by atoms with Crippen LogP contribution in [0.15, 0.2) is 59.0 Å². The first-order valence-corrected chi connectivity index (χ1v) is 11.0. The van der Waals surface area contributed by atoms with E-state index in [0.29, 0.717) is 5.13 Å². The highest BCUT2D eigenvalue weighted by Crippen LogP contribution is 2.28. The lowest BCUT2D eigenvalue weighted by Gasteiger charge is -2.17. The van der Waals surface area contributed by atoms with E-state index in [2.05, 4.69) is 32.5 Å². The number of carbonyl (C=O) groups is 1. The molecule has 1 fully saturated rings. The number of thiazole rings is 1. The van der Waals surface area contributed by atoms with Gasteiger partial charge in [0.1, 0.15) is 5.71 Å². The van der Waals surface area contributed by atoms with E-state index >= 15 is 0 Å². The van der Waals surface area contributed by atoms with Gasteiger partial charge in [-0.25, -0.2) is 9.78 Å². The van der Waals surface area contributed by atoms with Gasteiger partial charge >= 0.3 is 5.97 Å². The Hall–Kier alpha value is -3.79. The molecule has 1 aromatic heterocycles. The number of nitro benzene ring substituents is 1. The minimum Gasteiger partial charge on any atom is -0.477 e. The molecule has 0 amide bonds. The first-order valence-electron chi connectivity index (χ1n) is 10.1. The van der Waals surface area contributed by atoms with Crippen LogP contribution in [-0.4, -0.2) is 39.8 Å². The Morgan fingerprint density at radius 1 is 1.19 bits per heavy atom. The second-order valence-electron chi connectivity index (χ2n) is 7.32. The summed E-state index contributed by atoms with van der Waals surface area (Å²) in [7, 11) is 0. The highest BCUT2D eigenvalue weighted by molar-refractivity contribution is 7.14. The summed E-state index contributed by atoms with van der Waals surface area (Å²) in [6.45, 7) is 2.17. The van der Waals surface area contributed by atoms with Crippen LogP contribution in [0.3, 0.4) is 0 Å². The second-order valence-corrected chi connectivity index (χ2v) is 8.18. The SMILES string of the molecule is O=C(O)/C(Cc1ccccc1[N+](=O)[O-])=N/Nc1nc(-c2ccc(N3CCCC3)cc2)cs1. The van der Waals surface area contributed by atoms with E-state index in [1.54, 1.807) is 6.07 Å². The van der Waals surface area contributed by atoms with Gasteiger partial charge in [-0.15, -0.1) is 11.3 Å². The number of para-hydroxylation sites is 1. The monoisotopic (exact) mass is 451 g/mol. The van der Waals surface area contributed by atoms with Gasteiger partial charge in [-0.3, -0.25) is 15.5 Å². The lowest BCUT2D eigenvalue weighted by molar-refractivity contribution is -0.385. The Morgan fingerprint density at radius 2 is 1.91 bits per heavy atom. The number of aliphatic carboxylic acids is 1. The predicted molar refractivity (Wildman–Crippen MR) is 124 cm³/mol. The van der Waals surface area contributed by atoms with Crippen LogP contribution in [0.5, 0.6) is 0 Å². The highest BCUT2D eigenvalue weighted by Gasteiger charge is 2.19. The first kappa shape index (κ1) is 21.4. The summed E-state index contributed by atoms with van der Waals surface area (Å²) >= 11 is 1.30. The number of aromatic nitrogens is 1. The molecule has 0 atom stereocenters. The number of hydrogen-bond donors (Lipinski definition) is 2. The van der Waals surface area contributed by atoms with E-state index in [9.17, 15) is 20.0 Å². The second kappa shape index (κ2) is 9.56. The summed E-state index contributed by atoms with van der Waals surface area (Å²) in [6, 6.07) is 14.2. The molecule has 1 saturated heterocycles. The third-order valence-corrected chi connectivity index (χ3v) is 5.96. The van der Waals surface area contributed by atoms with Crippen LogP contribution in [0.25, 0.3) is 11.3 Å². The molecular weight excluding hydrogens is 430 g/mol. The standard InChI is InChI=1S/C22H21N5O4S/c28-21(29)18(13-16-5-1-2-6-20(16)27(30)31)24-25-22-23-19(14-32-22)15-7-9-17(10-8-15)26-11-3-4-12-26/h1-2,5-10,14H,3-4,11-13H2,(H,23,25)(H,28,29)/b24-18+. The number of hydrogen-bond acceptors (Lipinski definition) is 8. The number of anilines is 2. The van der Waals surface area contributed by atoms with Crippen LogP contribution in [0.4, 0.5) is 16.5 Å². The summed E-state index contributed by atoms with van der Waals surface area (Å²) in [5.74, 6) is -1.26. The van der Waals surface area contributed by atoms with Crippen molar-refractivity contribution in [3.05, 3.63) is 69.6 Å². The van der Waals surface area contributed by atoms with Gasteiger partial charge in [0, 0.05) is 47.8 Å². The van der Waals surface area contributed by atoms with E-state index in [-0.39, 0.29) is 23.4 Å². The maximum Gasteiger partial charge on any atom is 0.352 e. The number of rotatable bonds is 8. The largest absolute Gasteiger partial charge is 0.477 e. The van der Waals surface area contributed by atoms with Crippen molar-refractivity contribution >= 4 is 39.5 Å². The Morgan fingerprint density at radius 3 is 2.59 bits per heavy atom. The molecule has 4 rings (SSSR count). The van der Waals surface area contributed by atoms with Crippen LogP contribution in [-0.2, 0) is 11.2 Å². The summed E-state index contributed by atoms with van der Waals surface area (Å²) in [5.41, 5.74) is 5.48. The van der Waals surface area contributed by atoms with Gasteiger partial charge in [-0.1, -0.05) is 30.3 Å². The molecule has 1 aliphatic rings. The molecule has 0 bridgehead atoms. The van der Waals surface area contributed by atoms with Crippen molar-refractivity contribution in [2.45, 2.75) is 19.3 Å². The summed E-state index contributed by atoms with van der Waals surface area (Å²) in [4.78, 5) is 29.1. The molecule has 10 heteroatoms. The Balaban J connectivity index is 1.47. The molecule has 2 aromatic carbocycles. The molecule has 1 aliphatic heterocycles. The molecule has 2 heterocycles. The molecule has 0 spiro atoms. The Kier molecular flexibility index (Phi) is 6.41. The van der Waals surface area contributed by atoms with E-state index < -0.39 is 10.9 Å². The van der Waals surface area contributed by atoms with E-state index in [4.69, 9.17) is 0 Å². The van der Waals surface area contributed by atoms with Gasteiger partial charge in [0.15, 0.2) is 0 Å². The number of carboxylic acids is 1. The van der Waals surface area contributed by atoms with Gasteiger partial charge < -0.3 is 10.0 Å². The van der Waals surface area contributed by atoms with Crippen LogP contribution >= 0.6 is 11.3 Å². The van der Waals surface area contributed by atoms with Crippen LogP contribution in [0, 0.1) is 10.1 Å². The number of carboxylic acid groups (broad SMARTS) is 1. The van der Waals surface area contributed by atoms with Crippen molar-refractivity contribution in [3.63, 3.8) is 0 Å². The molecule has 0 aliphatic carbocycles. The number of nitro groups is 1. The molecule has 3 aromatic rings. The number of nitrogens with one attached hydrogen (secondary N) is 1. The zero-order valence-electron chi connectivity index (χ0n) is 17.1. The van der Waals surface area contributed by atoms with Crippen LogP contribution in [0.1, 0.15) is 18.4 Å². The van der Waals surface area contributed by atoms with E-state index in [1.165, 1.54) is 48.1 Å². The van der Waals surface area contributed by atoms with Crippen molar-refractivity contribution < 1.29 is 14.8 Å². The minimum atomic E-state index is -1.26. The fourth-order valence-electron chi connectivity index (χ4n) is 3.57. The fraction of sp³-hybridized carbons (Fsp3) is 0.227. The van der Waals surface area contributed by atoms with E-state index in [1.807, 2.05) is 17.5 Å². The van der Waals surface area contributed by atoms with E-state index in [0.717, 1.165) is 24.3 Å². The van der Waals surface area contributed by atoms with Crippen molar-refractivity contribution in [2.24, 2.45) is 5.10 Å². The van der Waals surface area contributed by atoms with Crippen LogP contribution < -0.4 is 10.3 Å². The molecule has 9 nitrogen and oxygen atoms in total. The predicted octanol–water partition coefficient (Wildman–Crippen LogP) is 4.41. The van der Waals surface area contributed by atoms with Crippen molar-refractivity contribution in [3.8, 4) is 11.3 Å². The molecule has 0 radical (unpaired) electrons. The molecule has 164 valence electrons. The fourth-order valence-corrected chi connectivity index (χ4v) is 4.23. The number of nitrogens with zero attached hydrogens (tertiary/aromatic N) is 4. The van der Waals surface area contributed by atoms with Crippen molar-refractivity contribution in [1.82, 2.24) is 4.98 Å². The zero-order valence-corrected chi connectivity index (χ0v) is 17.9. The van der Waals surface area contributed by atoms with Crippen molar-refractivity contribution in [1.29, 1.82) is 0 Å². The molecule has 2 N–H and O–H groups in total. The maximum absolute atomic E-state index is 11.6. The van der Waals surface area contributed by atoms with Gasteiger partial charge in [0.2, 0.25) is 5.13 Å². The third-order valence-electron chi connectivity index (χ3n) is 5.22. The first-order chi connectivity index (χ1) is 15.5. The minimum absolute atomic E-state index is 0.143. The topological polar surface area (TPSA) is 121 Å². The number of hydrazone groups is 1. The lowest BCUT2D eigenvalue weighted by Crippen LogP contribution is -2.18. The zero-order chi connectivity index (χ0) is 22.5. The quantitative estimate of drug-likeness (QED) is 0.295. The van der Waals surface area contributed by atoms with Gasteiger partial charge in [0.05, 0.1) is 10.6 Å². The average molecular weight is 452 g/mol. The smallest absolute Gasteiger partial charge is 0.352 e. The molecule has 0 unspecified atom stereocenters. The summed E-state index contributed by atoms with van der Waals surface area (Å²) in [6.07, 6.45) is 2.26. The van der Waals surface area contributed by atoms with Crippen LogP contribution in [0.2, 0.25) is 0 Å². The highest BCUT2D eigenvalue weighted by atomic mass is 32.1. The van der Waals surface area contributed by atoms with Gasteiger partial charge in [-0.05, 0) is 25.0 Å². The Labute approximate surface area is 188 Å². The molecular formula is C22H21N5O4S. The number of benzene rings is 2. The normalized spacial score (nSPS) is 13.9. The van der Waals surface area contributed by atoms with Gasteiger partial charge in [0.25, 0.3) is 5.69 Å². The average Bonchev–Trinajstić information content (AvgIpc) is 3.49. The molecule has 0 saturated carbocycles. The van der Waals surface area contributed by atoms with Gasteiger partial charge in [-0.2, -0.15) is 5.10 Å². The molecule has 32 heavy (non-hydrogen) atoms. The summed E-state index contributed by atoms with van der Waals surface area (Å²) in [5, 5.41) is 26.9.